The predicted octanol–water partition coefficient (Wildman–Crippen LogP) is 2.68. The highest BCUT2D eigenvalue weighted by Gasteiger charge is 2.35. The normalized spacial score (nSPS) is 14.8. The van der Waals surface area contributed by atoms with Gasteiger partial charge < -0.3 is 20.3 Å². The number of hydrogen-bond acceptors (Lipinski definition) is 7. The van der Waals surface area contributed by atoms with Gasteiger partial charge in [-0.3, -0.25) is 0 Å². The number of halogens is 2. The Labute approximate surface area is 167 Å². The van der Waals surface area contributed by atoms with Gasteiger partial charge in [-0.05, 0) is 27.7 Å². The highest BCUT2D eigenvalue weighted by molar-refractivity contribution is 5.70. The molecule has 0 saturated carbocycles. The van der Waals surface area contributed by atoms with Crippen molar-refractivity contribution in [3.05, 3.63) is 18.0 Å². The molecule has 0 radical (unpaired) electrons. The first-order valence-corrected chi connectivity index (χ1v) is 9.14. The smallest absolute Gasteiger partial charge is 0.410 e. The van der Waals surface area contributed by atoms with Crippen LogP contribution in [0.5, 0.6) is 0 Å². The first-order valence-electron chi connectivity index (χ1n) is 9.14. The summed E-state index contributed by atoms with van der Waals surface area (Å²) in [7, 11) is 1.69. The van der Waals surface area contributed by atoms with Crippen LogP contribution in [0.25, 0.3) is 11.3 Å². The molecule has 1 saturated heterocycles. The molecular weight excluding hydrogens is 384 g/mol. The Kier molecular flexibility index (Phi) is 5.33. The minimum Gasteiger partial charge on any atom is -0.444 e. The number of aromatic nitrogens is 4. The fourth-order valence-corrected chi connectivity index (χ4v) is 2.99. The number of hydrogen-bond donors (Lipinski definition) is 1. The SMILES string of the molecule is Cc1c(-c2cc(N3CC(N(C)C(=O)OC(C)(C)C)C3)nc(N)n2)cnn1C(F)F. The van der Waals surface area contributed by atoms with Crippen LogP contribution in [0.3, 0.4) is 0 Å². The third-order valence-corrected chi connectivity index (χ3v) is 4.65. The van der Waals surface area contributed by atoms with E-state index >= 15 is 0 Å². The molecule has 2 N–H and O–H groups in total. The van der Waals surface area contributed by atoms with Crippen LogP contribution in [-0.4, -0.2) is 62.5 Å². The monoisotopic (exact) mass is 409 g/mol. The third kappa shape index (κ3) is 4.38. The summed E-state index contributed by atoms with van der Waals surface area (Å²) in [4.78, 5) is 24.1. The number of nitrogens with two attached hydrogens (primary N) is 1. The first-order chi connectivity index (χ1) is 13.5. The van der Waals surface area contributed by atoms with Crippen molar-refractivity contribution < 1.29 is 18.3 Å². The average molecular weight is 409 g/mol. The molecule has 29 heavy (non-hydrogen) atoms. The van der Waals surface area contributed by atoms with Gasteiger partial charge in [0.15, 0.2) is 0 Å². The van der Waals surface area contributed by atoms with Gasteiger partial charge in [-0.15, -0.1) is 0 Å². The number of anilines is 2. The molecule has 0 atom stereocenters. The maximum atomic E-state index is 13.0. The zero-order valence-corrected chi connectivity index (χ0v) is 17.1. The van der Waals surface area contributed by atoms with Gasteiger partial charge in [-0.25, -0.2) is 14.5 Å². The summed E-state index contributed by atoms with van der Waals surface area (Å²) < 4.78 is 32.0. The van der Waals surface area contributed by atoms with Crippen molar-refractivity contribution in [2.75, 3.05) is 30.8 Å². The molecule has 0 aliphatic carbocycles. The van der Waals surface area contributed by atoms with E-state index in [1.54, 1.807) is 24.9 Å². The Morgan fingerprint density at radius 3 is 2.55 bits per heavy atom. The van der Waals surface area contributed by atoms with Gasteiger partial charge in [0, 0.05) is 31.8 Å². The Morgan fingerprint density at radius 1 is 1.34 bits per heavy atom. The Morgan fingerprint density at radius 2 is 2.00 bits per heavy atom. The summed E-state index contributed by atoms with van der Waals surface area (Å²) in [6.45, 7) is 5.34. The second-order valence-electron chi connectivity index (χ2n) is 7.99. The van der Waals surface area contributed by atoms with Crippen LogP contribution in [0.15, 0.2) is 12.3 Å². The lowest BCUT2D eigenvalue weighted by molar-refractivity contribution is 0.0196. The summed E-state index contributed by atoms with van der Waals surface area (Å²) >= 11 is 0. The molecular formula is C18H25F2N7O2. The molecule has 0 spiro atoms. The van der Waals surface area contributed by atoms with Crippen LogP contribution >= 0.6 is 0 Å². The van der Waals surface area contributed by atoms with Crippen molar-refractivity contribution in [3.63, 3.8) is 0 Å². The molecule has 11 heteroatoms. The molecule has 3 rings (SSSR count). The van der Waals surface area contributed by atoms with Crippen LogP contribution in [0.2, 0.25) is 0 Å². The van der Waals surface area contributed by atoms with E-state index in [0.717, 1.165) is 0 Å². The summed E-state index contributed by atoms with van der Waals surface area (Å²) in [6.07, 6.45) is 0.947. The zero-order chi connectivity index (χ0) is 21.5. The molecule has 0 aromatic carbocycles. The predicted molar refractivity (Wildman–Crippen MR) is 104 cm³/mol. The lowest BCUT2D eigenvalue weighted by Crippen LogP contribution is -2.60. The van der Waals surface area contributed by atoms with E-state index in [0.29, 0.717) is 34.8 Å². The molecule has 1 aliphatic heterocycles. The van der Waals surface area contributed by atoms with Crippen molar-refractivity contribution in [3.8, 4) is 11.3 Å². The Balaban J connectivity index is 1.73. The fraction of sp³-hybridized carbons (Fsp3) is 0.556. The topological polar surface area (TPSA) is 102 Å². The molecule has 9 nitrogen and oxygen atoms in total. The van der Waals surface area contributed by atoms with E-state index in [1.165, 1.54) is 6.20 Å². The summed E-state index contributed by atoms with van der Waals surface area (Å²) in [6, 6.07) is 1.65. The number of likely N-dealkylation sites (N-methyl/N-ethyl adjacent to an activating group) is 1. The zero-order valence-electron chi connectivity index (χ0n) is 17.1. The van der Waals surface area contributed by atoms with Crippen LogP contribution in [0.4, 0.5) is 25.3 Å². The number of ether oxygens (including phenoxy) is 1. The summed E-state index contributed by atoms with van der Waals surface area (Å²) in [5.74, 6) is 0.594. The first kappa shape index (κ1) is 20.7. The number of nitrogen functional groups attached to an aromatic ring is 1. The molecule has 1 amide bonds. The van der Waals surface area contributed by atoms with Gasteiger partial charge in [0.25, 0.3) is 0 Å². The lowest BCUT2D eigenvalue weighted by atomic mass is 10.1. The fourth-order valence-electron chi connectivity index (χ4n) is 2.99. The minimum absolute atomic E-state index is 0.0330. The van der Waals surface area contributed by atoms with Gasteiger partial charge in [-0.1, -0.05) is 0 Å². The number of rotatable bonds is 4. The second-order valence-corrected chi connectivity index (χ2v) is 7.99. The lowest BCUT2D eigenvalue weighted by Gasteiger charge is -2.44. The summed E-state index contributed by atoms with van der Waals surface area (Å²) in [5.41, 5.74) is 6.44. The quantitative estimate of drug-likeness (QED) is 0.828. The van der Waals surface area contributed by atoms with E-state index in [2.05, 4.69) is 15.1 Å². The largest absolute Gasteiger partial charge is 0.444 e. The second kappa shape index (κ2) is 7.45. The van der Waals surface area contributed by atoms with Crippen LogP contribution < -0.4 is 10.6 Å². The van der Waals surface area contributed by atoms with Crippen molar-refractivity contribution >= 4 is 17.9 Å². The van der Waals surface area contributed by atoms with Crippen molar-refractivity contribution in [1.82, 2.24) is 24.6 Å². The molecule has 2 aromatic rings. The molecule has 158 valence electrons. The third-order valence-electron chi connectivity index (χ3n) is 4.65. The average Bonchev–Trinajstić information content (AvgIpc) is 2.93. The maximum Gasteiger partial charge on any atom is 0.410 e. The molecule has 3 heterocycles. The van der Waals surface area contributed by atoms with Crippen molar-refractivity contribution in [2.24, 2.45) is 0 Å². The van der Waals surface area contributed by atoms with Gasteiger partial charge in [0.1, 0.15) is 11.4 Å². The van der Waals surface area contributed by atoms with Crippen LogP contribution in [-0.2, 0) is 4.74 Å². The number of carbonyl (C=O) groups excluding carboxylic acids is 1. The molecule has 0 bridgehead atoms. The standard InChI is InChI=1S/C18H25F2N7O2/c1-10-12(7-22-27(10)15(19)20)13-6-14(24-16(21)23-13)26-8-11(9-26)25(5)17(28)29-18(2,3)4/h6-7,11,15H,8-9H2,1-5H3,(H2,21,23,24). The Bertz CT molecular complexity index is 904. The van der Waals surface area contributed by atoms with E-state index in [9.17, 15) is 13.6 Å². The molecule has 1 fully saturated rings. The van der Waals surface area contributed by atoms with Gasteiger partial charge in [-0.2, -0.15) is 18.9 Å². The number of amides is 1. The maximum absolute atomic E-state index is 13.0. The van der Waals surface area contributed by atoms with Crippen molar-refractivity contribution in [1.29, 1.82) is 0 Å². The number of carbonyl (C=O) groups is 1. The molecule has 0 unspecified atom stereocenters. The van der Waals surface area contributed by atoms with Crippen LogP contribution in [0.1, 0.15) is 33.0 Å². The van der Waals surface area contributed by atoms with Gasteiger partial charge >= 0.3 is 12.6 Å². The number of alkyl halides is 2. The van der Waals surface area contributed by atoms with E-state index in [4.69, 9.17) is 10.5 Å². The van der Waals surface area contributed by atoms with E-state index in [1.807, 2.05) is 25.7 Å². The highest BCUT2D eigenvalue weighted by atomic mass is 19.3. The molecule has 1 aliphatic rings. The highest BCUT2D eigenvalue weighted by Crippen LogP contribution is 2.29. The van der Waals surface area contributed by atoms with Gasteiger partial charge in [0.05, 0.1) is 23.6 Å². The molecule has 2 aromatic heterocycles. The summed E-state index contributed by atoms with van der Waals surface area (Å²) in [5, 5.41) is 3.71. The van der Waals surface area contributed by atoms with Crippen LogP contribution in [0, 0.1) is 6.92 Å². The minimum atomic E-state index is -2.73. The van der Waals surface area contributed by atoms with Crippen molar-refractivity contribution in [2.45, 2.75) is 45.9 Å². The Hall–Kier alpha value is -2.98. The number of nitrogens with zero attached hydrogens (tertiary/aromatic N) is 6. The van der Waals surface area contributed by atoms with E-state index < -0.39 is 12.2 Å². The van der Waals surface area contributed by atoms with E-state index in [-0.39, 0.29) is 23.8 Å². The van der Waals surface area contributed by atoms with Gasteiger partial charge in [0.2, 0.25) is 5.95 Å².